The predicted molar refractivity (Wildman–Crippen MR) is 98.0 cm³/mol. The van der Waals surface area contributed by atoms with Gasteiger partial charge in [-0.25, -0.2) is 0 Å². The van der Waals surface area contributed by atoms with Crippen molar-refractivity contribution in [1.29, 1.82) is 0 Å². The highest BCUT2D eigenvalue weighted by Gasteiger charge is 2.22. The summed E-state index contributed by atoms with van der Waals surface area (Å²) in [5, 5.41) is 12.1. The van der Waals surface area contributed by atoms with Gasteiger partial charge < -0.3 is 19.9 Å². The Hall–Kier alpha value is -1.92. The van der Waals surface area contributed by atoms with Crippen molar-refractivity contribution in [3.05, 3.63) is 35.4 Å². The molecule has 1 fully saturated rings. The summed E-state index contributed by atoms with van der Waals surface area (Å²) >= 11 is 0. The van der Waals surface area contributed by atoms with Crippen LogP contribution in [-0.2, 0) is 25.5 Å². The number of ether oxygens (including phenoxy) is 2. The Morgan fingerprint density at radius 2 is 2.19 bits per heavy atom. The Labute approximate surface area is 154 Å². The number of benzene rings is 1. The number of carbonyl (C=O) groups is 2. The van der Waals surface area contributed by atoms with Crippen molar-refractivity contribution in [2.75, 3.05) is 19.8 Å². The van der Waals surface area contributed by atoms with Gasteiger partial charge in [-0.05, 0) is 45.1 Å². The van der Waals surface area contributed by atoms with Crippen LogP contribution in [0.4, 0.5) is 0 Å². The summed E-state index contributed by atoms with van der Waals surface area (Å²) < 4.78 is 11.2. The van der Waals surface area contributed by atoms with E-state index in [0.29, 0.717) is 13.0 Å². The number of hydrogen-bond donors (Lipinski definition) is 2. The molecule has 0 radical (unpaired) electrons. The van der Waals surface area contributed by atoms with Gasteiger partial charge in [-0.1, -0.05) is 29.8 Å². The van der Waals surface area contributed by atoms with Crippen molar-refractivity contribution in [1.82, 2.24) is 5.32 Å². The molecule has 3 atom stereocenters. The van der Waals surface area contributed by atoms with Crippen LogP contribution in [0.3, 0.4) is 0 Å². The van der Waals surface area contributed by atoms with E-state index in [1.807, 2.05) is 31.2 Å². The van der Waals surface area contributed by atoms with Gasteiger partial charge in [0.05, 0.1) is 18.6 Å². The molecule has 1 aliphatic rings. The van der Waals surface area contributed by atoms with Crippen molar-refractivity contribution < 1.29 is 24.2 Å². The maximum atomic E-state index is 12.2. The molecule has 0 aliphatic carbocycles. The van der Waals surface area contributed by atoms with Crippen LogP contribution >= 0.6 is 0 Å². The molecule has 2 rings (SSSR count). The van der Waals surface area contributed by atoms with Crippen LogP contribution in [0.25, 0.3) is 0 Å². The van der Waals surface area contributed by atoms with E-state index >= 15 is 0 Å². The summed E-state index contributed by atoms with van der Waals surface area (Å²) in [5.41, 5.74) is 2.04. The van der Waals surface area contributed by atoms with Gasteiger partial charge in [0.15, 0.2) is 0 Å². The molecule has 1 aromatic carbocycles. The van der Waals surface area contributed by atoms with Gasteiger partial charge in [-0.15, -0.1) is 0 Å². The van der Waals surface area contributed by atoms with Crippen LogP contribution in [-0.4, -0.2) is 48.9 Å². The second-order valence-corrected chi connectivity index (χ2v) is 6.94. The van der Waals surface area contributed by atoms with E-state index in [-0.39, 0.29) is 18.6 Å². The van der Waals surface area contributed by atoms with Crippen molar-refractivity contribution >= 4 is 11.9 Å². The van der Waals surface area contributed by atoms with Gasteiger partial charge in [-0.2, -0.15) is 0 Å². The highest BCUT2D eigenvalue weighted by molar-refractivity contribution is 5.81. The average Bonchev–Trinajstić information content (AvgIpc) is 2.63. The molecule has 0 aromatic heterocycles. The van der Waals surface area contributed by atoms with Gasteiger partial charge in [0.25, 0.3) is 0 Å². The molecular weight excluding hydrogens is 334 g/mol. The second kappa shape index (κ2) is 10.3. The van der Waals surface area contributed by atoms with Gasteiger partial charge in [0.2, 0.25) is 5.91 Å². The predicted octanol–water partition coefficient (Wildman–Crippen LogP) is 2.33. The third kappa shape index (κ3) is 6.77. The first-order chi connectivity index (χ1) is 12.5. The van der Waals surface area contributed by atoms with Gasteiger partial charge >= 0.3 is 5.97 Å². The SMILES string of the molecule is Cc1cccc(CC(CNC(=O)C(C)OCC2CCCCO2)C(=O)O)c1. The van der Waals surface area contributed by atoms with Crippen molar-refractivity contribution in [2.45, 2.75) is 51.7 Å². The van der Waals surface area contributed by atoms with E-state index in [1.165, 1.54) is 0 Å². The molecule has 1 aromatic rings. The lowest BCUT2D eigenvalue weighted by atomic mass is 9.98. The number of nitrogens with one attached hydrogen (secondary N) is 1. The van der Waals surface area contributed by atoms with E-state index in [4.69, 9.17) is 9.47 Å². The van der Waals surface area contributed by atoms with Crippen molar-refractivity contribution in [3.8, 4) is 0 Å². The Morgan fingerprint density at radius 3 is 2.85 bits per heavy atom. The highest BCUT2D eigenvalue weighted by Crippen LogP contribution is 2.14. The van der Waals surface area contributed by atoms with Crippen molar-refractivity contribution in [3.63, 3.8) is 0 Å². The zero-order valence-electron chi connectivity index (χ0n) is 15.6. The minimum absolute atomic E-state index is 0.0482. The van der Waals surface area contributed by atoms with E-state index < -0.39 is 18.0 Å². The first kappa shape index (κ1) is 20.4. The Balaban J connectivity index is 1.77. The van der Waals surface area contributed by atoms with Crippen LogP contribution in [0.1, 0.15) is 37.3 Å². The molecule has 1 saturated heterocycles. The van der Waals surface area contributed by atoms with Crippen molar-refractivity contribution in [2.24, 2.45) is 5.92 Å². The minimum atomic E-state index is -0.920. The molecule has 1 aliphatic heterocycles. The molecule has 6 heteroatoms. The fourth-order valence-corrected chi connectivity index (χ4v) is 3.00. The number of aliphatic carboxylic acids is 1. The normalized spacial score (nSPS) is 19.5. The van der Waals surface area contributed by atoms with E-state index in [2.05, 4.69) is 5.32 Å². The number of carboxylic acid groups (broad SMARTS) is 1. The number of carbonyl (C=O) groups excluding carboxylic acids is 1. The fraction of sp³-hybridized carbons (Fsp3) is 0.600. The molecule has 3 unspecified atom stereocenters. The molecule has 6 nitrogen and oxygen atoms in total. The Bertz CT molecular complexity index is 598. The fourth-order valence-electron chi connectivity index (χ4n) is 3.00. The van der Waals surface area contributed by atoms with E-state index in [0.717, 1.165) is 37.0 Å². The van der Waals surface area contributed by atoms with Crippen LogP contribution in [0, 0.1) is 12.8 Å². The quantitative estimate of drug-likeness (QED) is 0.703. The number of aryl methyl sites for hydroxylation is 1. The molecular formula is C20H29NO5. The molecule has 1 heterocycles. The van der Waals surface area contributed by atoms with Crippen LogP contribution in [0.15, 0.2) is 24.3 Å². The third-order valence-corrected chi connectivity index (χ3v) is 4.61. The molecule has 0 saturated carbocycles. The van der Waals surface area contributed by atoms with Gasteiger partial charge in [0.1, 0.15) is 6.10 Å². The number of amides is 1. The molecule has 1 amide bonds. The molecule has 26 heavy (non-hydrogen) atoms. The number of rotatable bonds is 9. The zero-order chi connectivity index (χ0) is 18.9. The minimum Gasteiger partial charge on any atom is -0.481 e. The summed E-state index contributed by atoms with van der Waals surface area (Å²) in [6.45, 7) is 4.86. The summed E-state index contributed by atoms with van der Waals surface area (Å²) in [6, 6.07) is 7.75. The topological polar surface area (TPSA) is 84.9 Å². The molecule has 0 bridgehead atoms. The lowest BCUT2D eigenvalue weighted by Gasteiger charge is -2.24. The smallest absolute Gasteiger partial charge is 0.308 e. The largest absolute Gasteiger partial charge is 0.481 e. The number of hydrogen-bond acceptors (Lipinski definition) is 4. The standard InChI is InChI=1S/C20H29NO5/c1-14-6-5-7-16(10-14)11-17(20(23)24)12-21-19(22)15(2)26-13-18-8-3-4-9-25-18/h5-7,10,15,17-18H,3-4,8-9,11-13H2,1-2H3,(H,21,22)(H,23,24). The summed E-state index contributed by atoms with van der Waals surface area (Å²) in [7, 11) is 0. The maximum absolute atomic E-state index is 12.2. The summed E-state index contributed by atoms with van der Waals surface area (Å²) in [5.74, 6) is -1.89. The third-order valence-electron chi connectivity index (χ3n) is 4.61. The lowest BCUT2D eigenvalue weighted by molar-refractivity contribution is -0.142. The molecule has 144 valence electrons. The second-order valence-electron chi connectivity index (χ2n) is 6.94. The van der Waals surface area contributed by atoms with Crippen LogP contribution in [0.5, 0.6) is 0 Å². The van der Waals surface area contributed by atoms with E-state index in [9.17, 15) is 14.7 Å². The van der Waals surface area contributed by atoms with Gasteiger partial charge in [-0.3, -0.25) is 9.59 Å². The van der Waals surface area contributed by atoms with E-state index in [1.54, 1.807) is 6.92 Å². The Morgan fingerprint density at radius 1 is 1.38 bits per heavy atom. The maximum Gasteiger partial charge on any atom is 0.308 e. The molecule has 0 spiro atoms. The van der Waals surface area contributed by atoms with Crippen LogP contribution in [0.2, 0.25) is 0 Å². The highest BCUT2D eigenvalue weighted by atomic mass is 16.5. The first-order valence-corrected chi connectivity index (χ1v) is 9.25. The summed E-state index contributed by atoms with van der Waals surface area (Å²) in [6.07, 6.45) is 2.94. The Kier molecular flexibility index (Phi) is 8.06. The monoisotopic (exact) mass is 363 g/mol. The summed E-state index contributed by atoms with van der Waals surface area (Å²) in [4.78, 5) is 23.7. The van der Waals surface area contributed by atoms with Crippen LogP contribution < -0.4 is 5.32 Å². The zero-order valence-corrected chi connectivity index (χ0v) is 15.6. The average molecular weight is 363 g/mol. The van der Waals surface area contributed by atoms with Gasteiger partial charge in [0, 0.05) is 13.2 Å². The lowest BCUT2D eigenvalue weighted by Crippen LogP contribution is -2.41. The molecule has 2 N–H and O–H groups in total. The first-order valence-electron chi connectivity index (χ1n) is 9.25. The number of carboxylic acids is 1.